The summed E-state index contributed by atoms with van der Waals surface area (Å²) in [5.74, 6) is 0. The van der Waals surface area contributed by atoms with Gasteiger partial charge in [0.15, 0.2) is 0 Å². The molecule has 0 radical (unpaired) electrons. The van der Waals surface area contributed by atoms with Crippen LogP contribution in [0.4, 0.5) is 17.1 Å². The Labute approximate surface area is 303 Å². The quantitative estimate of drug-likeness (QED) is 0.180. The van der Waals surface area contributed by atoms with Gasteiger partial charge in [0.25, 0.3) is 0 Å². The van der Waals surface area contributed by atoms with Crippen molar-refractivity contribution in [2.45, 2.75) is 0 Å². The zero-order chi connectivity index (χ0) is 34.2. The van der Waals surface area contributed by atoms with E-state index in [0.29, 0.717) is 0 Å². The van der Waals surface area contributed by atoms with E-state index in [0.717, 1.165) is 50.2 Å². The lowest BCUT2D eigenvalue weighted by Gasteiger charge is -2.28. The number of rotatable bonds is 5. The molecule has 0 N–H and O–H groups in total. The highest BCUT2D eigenvalue weighted by atomic mass is 32.1. The molecule has 3 heterocycles. The maximum atomic E-state index is 6.34. The molecule has 8 aromatic carbocycles. The van der Waals surface area contributed by atoms with Gasteiger partial charge in [0.1, 0.15) is 11.2 Å². The number of fused-ring (bicyclic) bond motifs is 9. The maximum absolute atomic E-state index is 6.34. The fourth-order valence-electron chi connectivity index (χ4n) is 8.15. The Kier molecular flexibility index (Phi) is 6.42. The minimum absolute atomic E-state index is 0.884. The number of thiophene rings is 1. The standard InChI is InChI=1S/C48H30N2OS/c1-3-14-31(15-4-1)34-27-28-42(47-37-20-9-12-25-45(37)52-48(34)47)50(33-26-29-44-38(30-33)35-18-8-11-24-43(35)51-44)41-23-13-22-40-46(41)36-19-7-10-21-39(36)49(40)32-16-5-2-6-17-32/h1-30H. The third-order valence-corrected chi connectivity index (χ3v) is 11.6. The van der Waals surface area contributed by atoms with E-state index in [1.54, 1.807) is 0 Å². The van der Waals surface area contributed by atoms with Crippen LogP contribution in [0.1, 0.15) is 0 Å². The first-order valence-electron chi connectivity index (χ1n) is 17.6. The molecule has 11 aromatic rings. The van der Waals surface area contributed by atoms with Gasteiger partial charge in [0.05, 0.1) is 22.4 Å². The predicted molar refractivity (Wildman–Crippen MR) is 221 cm³/mol. The zero-order valence-corrected chi connectivity index (χ0v) is 28.8. The van der Waals surface area contributed by atoms with Crippen LogP contribution >= 0.6 is 11.3 Å². The van der Waals surface area contributed by atoms with Crippen molar-refractivity contribution in [3.05, 3.63) is 182 Å². The third-order valence-electron chi connectivity index (χ3n) is 10.4. The van der Waals surface area contributed by atoms with E-state index in [2.05, 4.69) is 185 Å². The minimum Gasteiger partial charge on any atom is -0.456 e. The van der Waals surface area contributed by atoms with E-state index in [1.165, 1.54) is 47.6 Å². The zero-order valence-electron chi connectivity index (χ0n) is 28.0. The molecule has 0 atom stereocenters. The number of benzene rings is 8. The second-order valence-electron chi connectivity index (χ2n) is 13.3. The smallest absolute Gasteiger partial charge is 0.135 e. The van der Waals surface area contributed by atoms with E-state index in [9.17, 15) is 0 Å². The van der Waals surface area contributed by atoms with Gasteiger partial charge in [-0.2, -0.15) is 0 Å². The van der Waals surface area contributed by atoms with Gasteiger partial charge in [-0.05, 0) is 77.9 Å². The summed E-state index contributed by atoms with van der Waals surface area (Å²) < 4.78 is 11.3. The van der Waals surface area contributed by atoms with Crippen LogP contribution in [-0.4, -0.2) is 4.57 Å². The van der Waals surface area contributed by atoms with Crippen LogP contribution < -0.4 is 4.90 Å². The van der Waals surface area contributed by atoms with E-state index in [1.807, 2.05) is 17.4 Å². The Bertz CT molecular complexity index is 3120. The molecule has 0 aliphatic rings. The summed E-state index contributed by atoms with van der Waals surface area (Å²) in [6, 6.07) is 65.5. The first kappa shape index (κ1) is 29.1. The first-order valence-corrected chi connectivity index (χ1v) is 18.4. The SMILES string of the molecule is c1ccc(-c2ccc(N(c3ccc4oc5ccccc5c4c3)c3cccc4c3c3ccccc3n4-c3ccccc3)c3c2sc2ccccc23)cc1. The van der Waals surface area contributed by atoms with E-state index < -0.39 is 0 Å². The van der Waals surface area contributed by atoms with E-state index in [-0.39, 0.29) is 0 Å². The summed E-state index contributed by atoms with van der Waals surface area (Å²) in [5, 5.41) is 7.15. The summed E-state index contributed by atoms with van der Waals surface area (Å²) in [5.41, 5.74) is 11.1. The summed E-state index contributed by atoms with van der Waals surface area (Å²) in [4.78, 5) is 2.49. The number of nitrogens with zero attached hydrogens (tertiary/aromatic N) is 2. The van der Waals surface area contributed by atoms with Crippen LogP contribution in [-0.2, 0) is 0 Å². The highest BCUT2D eigenvalue weighted by Gasteiger charge is 2.25. The Morgan fingerprint density at radius 1 is 0.462 bits per heavy atom. The molecule has 0 bridgehead atoms. The molecule has 0 amide bonds. The third kappa shape index (κ3) is 4.31. The van der Waals surface area contributed by atoms with Crippen LogP contribution in [0.15, 0.2) is 186 Å². The first-order chi connectivity index (χ1) is 25.8. The Balaban J connectivity index is 1.28. The molecule has 3 aromatic heterocycles. The molecule has 11 rings (SSSR count). The average Bonchev–Trinajstić information content (AvgIpc) is 3.89. The number of aromatic nitrogens is 1. The molecule has 3 nitrogen and oxygen atoms in total. The maximum Gasteiger partial charge on any atom is 0.135 e. The molecule has 0 spiro atoms. The van der Waals surface area contributed by atoms with Crippen LogP contribution in [0.3, 0.4) is 0 Å². The second kappa shape index (κ2) is 11.5. The van der Waals surface area contributed by atoms with E-state index in [4.69, 9.17) is 4.42 Å². The van der Waals surface area contributed by atoms with E-state index >= 15 is 0 Å². The molecule has 0 aliphatic heterocycles. The van der Waals surface area contributed by atoms with Gasteiger partial charge >= 0.3 is 0 Å². The molecule has 0 unspecified atom stereocenters. The number of hydrogen-bond donors (Lipinski definition) is 0. The van der Waals surface area contributed by atoms with Gasteiger partial charge in [0.2, 0.25) is 0 Å². The largest absolute Gasteiger partial charge is 0.456 e. The highest BCUT2D eigenvalue weighted by molar-refractivity contribution is 7.26. The Morgan fingerprint density at radius 2 is 1.13 bits per heavy atom. The number of furan rings is 1. The summed E-state index contributed by atoms with van der Waals surface area (Å²) >= 11 is 1.87. The Morgan fingerprint density at radius 3 is 2.00 bits per heavy atom. The fourth-order valence-corrected chi connectivity index (χ4v) is 9.40. The molecule has 0 saturated heterocycles. The van der Waals surface area contributed by atoms with Crippen LogP contribution in [0.25, 0.3) is 80.7 Å². The van der Waals surface area contributed by atoms with Crippen molar-refractivity contribution in [1.82, 2.24) is 4.57 Å². The van der Waals surface area contributed by atoms with Crippen LogP contribution in [0, 0.1) is 0 Å². The number of para-hydroxylation sites is 3. The molecular formula is C48H30N2OS. The van der Waals surface area contributed by atoms with Crippen molar-refractivity contribution in [2.24, 2.45) is 0 Å². The summed E-state index contributed by atoms with van der Waals surface area (Å²) in [6.07, 6.45) is 0. The van der Waals surface area contributed by atoms with Crippen LogP contribution in [0.2, 0.25) is 0 Å². The van der Waals surface area contributed by atoms with Gasteiger partial charge in [-0.15, -0.1) is 11.3 Å². The molecule has 52 heavy (non-hydrogen) atoms. The molecular weight excluding hydrogens is 653 g/mol. The second-order valence-corrected chi connectivity index (χ2v) is 14.3. The van der Waals surface area contributed by atoms with Crippen molar-refractivity contribution in [1.29, 1.82) is 0 Å². The molecule has 4 heteroatoms. The molecule has 0 aliphatic carbocycles. The lowest BCUT2D eigenvalue weighted by molar-refractivity contribution is 0.669. The van der Waals surface area contributed by atoms with Crippen molar-refractivity contribution >= 4 is 92.3 Å². The normalized spacial score (nSPS) is 11.8. The molecule has 0 saturated carbocycles. The molecule has 0 fully saturated rings. The molecule has 244 valence electrons. The van der Waals surface area contributed by atoms with Gasteiger partial charge in [-0.25, -0.2) is 0 Å². The fraction of sp³-hybridized carbons (Fsp3) is 0. The van der Waals surface area contributed by atoms with Crippen molar-refractivity contribution in [3.63, 3.8) is 0 Å². The van der Waals surface area contributed by atoms with Gasteiger partial charge in [-0.1, -0.05) is 115 Å². The van der Waals surface area contributed by atoms with Crippen LogP contribution in [0.5, 0.6) is 0 Å². The monoisotopic (exact) mass is 682 g/mol. The van der Waals surface area contributed by atoms with Gasteiger partial charge in [0, 0.05) is 53.1 Å². The lowest BCUT2D eigenvalue weighted by Crippen LogP contribution is -2.11. The summed E-state index contributed by atoms with van der Waals surface area (Å²) in [7, 11) is 0. The van der Waals surface area contributed by atoms with Gasteiger partial charge in [-0.3, -0.25) is 0 Å². The average molecular weight is 683 g/mol. The Hall–Kier alpha value is -6.62. The summed E-state index contributed by atoms with van der Waals surface area (Å²) in [6.45, 7) is 0. The van der Waals surface area contributed by atoms with Gasteiger partial charge < -0.3 is 13.9 Å². The number of hydrogen-bond acceptors (Lipinski definition) is 3. The minimum atomic E-state index is 0.884. The lowest BCUT2D eigenvalue weighted by atomic mass is 9.99. The topological polar surface area (TPSA) is 21.3 Å². The van der Waals surface area contributed by atoms with Crippen molar-refractivity contribution < 1.29 is 4.42 Å². The highest BCUT2D eigenvalue weighted by Crippen LogP contribution is 2.51. The van der Waals surface area contributed by atoms with Crippen molar-refractivity contribution in [2.75, 3.05) is 4.90 Å². The predicted octanol–water partition coefficient (Wildman–Crippen LogP) is 14.2. The van der Waals surface area contributed by atoms with Crippen molar-refractivity contribution in [3.8, 4) is 16.8 Å². The number of anilines is 3.